The average Bonchev–Trinajstić information content (AvgIpc) is 3.32. The van der Waals surface area contributed by atoms with E-state index in [1.54, 1.807) is 24.1 Å². The summed E-state index contributed by atoms with van der Waals surface area (Å²) in [6, 6.07) is 3.37. The maximum atomic E-state index is 12.3. The molecular formula is C20H22ClNO5. The molecule has 2 heterocycles. The number of halogens is 1. The van der Waals surface area contributed by atoms with E-state index < -0.39 is 0 Å². The maximum Gasteiger partial charge on any atom is 0.339 e. The first-order valence-corrected chi connectivity index (χ1v) is 9.67. The second-order valence-electron chi connectivity index (χ2n) is 7.18. The summed E-state index contributed by atoms with van der Waals surface area (Å²) >= 11 is 6.36. The van der Waals surface area contributed by atoms with Crippen LogP contribution < -0.4 is 10.4 Å². The number of rotatable bonds is 5. The number of nitrogens with zero attached hydrogens (tertiary/aromatic N) is 1. The Morgan fingerprint density at radius 3 is 2.89 bits per heavy atom. The Labute approximate surface area is 162 Å². The van der Waals surface area contributed by atoms with Gasteiger partial charge in [0, 0.05) is 37.2 Å². The van der Waals surface area contributed by atoms with Gasteiger partial charge in [0.15, 0.2) is 6.61 Å². The average molecular weight is 392 g/mol. The largest absolute Gasteiger partial charge is 0.482 e. The summed E-state index contributed by atoms with van der Waals surface area (Å²) in [4.78, 5) is 26.1. The molecule has 0 bridgehead atoms. The summed E-state index contributed by atoms with van der Waals surface area (Å²) < 4.78 is 16.6. The number of amides is 1. The highest BCUT2D eigenvalue weighted by Gasteiger charge is 2.22. The third-order valence-electron chi connectivity index (χ3n) is 5.30. The number of hydrogen-bond donors (Lipinski definition) is 0. The van der Waals surface area contributed by atoms with Crippen LogP contribution in [0.25, 0.3) is 11.0 Å². The molecule has 1 aliphatic carbocycles. The van der Waals surface area contributed by atoms with Gasteiger partial charge in [0.1, 0.15) is 11.3 Å². The van der Waals surface area contributed by atoms with Crippen molar-refractivity contribution < 1.29 is 18.7 Å². The molecule has 0 spiro atoms. The summed E-state index contributed by atoms with van der Waals surface area (Å²) in [5.41, 5.74) is 1.91. The molecule has 144 valence electrons. The van der Waals surface area contributed by atoms with Crippen LogP contribution in [0.2, 0.25) is 5.02 Å². The van der Waals surface area contributed by atoms with E-state index in [0.717, 1.165) is 55.2 Å². The molecule has 1 atom stereocenters. The molecular weight excluding hydrogens is 370 g/mol. The van der Waals surface area contributed by atoms with E-state index in [4.69, 9.17) is 25.5 Å². The van der Waals surface area contributed by atoms with Crippen molar-refractivity contribution >= 4 is 28.5 Å². The van der Waals surface area contributed by atoms with E-state index in [-0.39, 0.29) is 24.2 Å². The fraction of sp³-hybridized carbons (Fsp3) is 0.500. The molecule has 0 N–H and O–H groups in total. The van der Waals surface area contributed by atoms with Gasteiger partial charge in [-0.1, -0.05) is 11.6 Å². The maximum absolute atomic E-state index is 12.3. The molecule has 1 unspecified atom stereocenters. The minimum atomic E-state index is -0.296. The van der Waals surface area contributed by atoms with Gasteiger partial charge >= 0.3 is 5.63 Å². The fourth-order valence-electron chi connectivity index (χ4n) is 3.84. The van der Waals surface area contributed by atoms with Gasteiger partial charge < -0.3 is 18.8 Å². The van der Waals surface area contributed by atoms with Gasteiger partial charge in [0.05, 0.1) is 11.1 Å². The van der Waals surface area contributed by atoms with E-state index in [1.807, 2.05) is 0 Å². The summed E-state index contributed by atoms with van der Waals surface area (Å²) in [5.74, 6) is 0.182. The highest BCUT2D eigenvalue weighted by Crippen LogP contribution is 2.34. The van der Waals surface area contributed by atoms with Crippen LogP contribution in [0.4, 0.5) is 0 Å². The van der Waals surface area contributed by atoms with Crippen molar-refractivity contribution in [1.29, 1.82) is 0 Å². The molecule has 27 heavy (non-hydrogen) atoms. The van der Waals surface area contributed by atoms with Crippen molar-refractivity contribution in [3.63, 3.8) is 0 Å². The number of likely N-dealkylation sites (N-methyl/N-ethyl adjacent to an activating group) is 1. The lowest BCUT2D eigenvalue weighted by Gasteiger charge is -2.21. The first-order valence-electron chi connectivity index (χ1n) is 9.29. The van der Waals surface area contributed by atoms with Crippen molar-refractivity contribution in [2.24, 2.45) is 0 Å². The quantitative estimate of drug-likeness (QED) is 0.733. The predicted molar refractivity (Wildman–Crippen MR) is 102 cm³/mol. The van der Waals surface area contributed by atoms with E-state index in [0.29, 0.717) is 22.9 Å². The number of carbonyl (C=O) groups excluding carboxylic acids is 1. The number of aryl methyl sites for hydroxylation is 1. The van der Waals surface area contributed by atoms with Crippen molar-refractivity contribution in [1.82, 2.24) is 4.90 Å². The van der Waals surface area contributed by atoms with Crippen molar-refractivity contribution in [3.05, 3.63) is 38.7 Å². The smallest absolute Gasteiger partial charge is 0.339 e. The molecule has 1 aromatic heterocycles. The zero-order chi connectivity index (χ0) is 19.0. The van der Waals surface area contributed by atoms with Gasteiger partial charge in [-0.3, -0.25) is 4.79 Å². The lowest BCUT2D eigenvalue weighted by molar-refractivity contribution is -0.133. The SMILES string of the molecule is CN(CC1CCCO1)C(=O)COc1cc2oc(=O)c3c(c2cc1Cl)CCC3. The number of fused-ring (bicyclic) bond motifs is 3. The number of benzene rings is 1. The normalized spacial score (nSPS) is 18.7. The van der Waals surface area contributed by atoms with Crippen LogP contribution >= 0.6 is 11.6 Å². The second kappa shape index (κ2) is 7.52. The molecule has 2 aromatic rings. The van der Waals surface area contributed by atoms with Crippen LogP contribution in [-0.4, -0.2) is 43.7 Å². The second-order valence-corrected chi connectivity index (χ2v) is 7.58. The Bertz CT molecular complexity index is 932. The Morgan fingerprint density at radius 2 is 2.11 bits per heavy atom. The summed E-state index contributed by atoms with van der Waals surface area (Å²) in [7, 11) is 1.73. The number of ether oxygens (including phenoxy) is 2. The van der Waals surface area contributed by atoms with Crippen LogP contribution in [0.1, 0.15) is 30.4 Å². The van der Waals surface area contributed by atoms with Crippen LogP contribution in [-0.2, 0) is 22.4 Å². The molecule has 6 nitrogen and oxygen atoms in total. The van der Waals surface area contributed by atoms with Crippen molar-refractivity contribution in [3.8, 4) is 5.75 Å². The zero-order valence-electron chi connectivity index (χ0n) is 15.3. The molecule has 0 radical (unpaired) electrons. The Balaban J connectivity index is 1.49. The van der Waals surface area contributed by atoms with Gasteiger partial charge in [-0.2, -0.15) is 0 Å². The van der Waals surface area contributed by atoms with Crippen LogP contribution in [0.3, 0.4) is 0 Å². The van der Waals surface area contributed by atoms with Crippen LogP contribution in [0, 0.1) is 0 Å². The van der Waals surface area contributed by atoms with E-state index in [2.05, 4.69) is 0 Å². The van der Waals surface area contributed by atoms with Gasteiger partial charge in [-0.25, -0.2) is 4.79 Å². The summed E-state index contributed by atoms with van der Waals surface area (Å²) in [6.45, 7) is 1.17. The summed E-state index contributed by atoms with van der Waals surface area (Å²) in [5, 5.41) is 1.25. The van der Waals surface area contributed by atoms with Crippen LogP contribution in [0.5, 0.6) is 5.75 Å². The minimum absolute atomic E-state index is 0.0968. The highest BCUT2D eigenvalue weighted by atomic mass is 35.5. The fourth-order valence-corrected chi connectivity index (χ4v) is 4.06. The van der Waals surface area contributed by atoms with Crippen molar-refractivity contribution in [2.75, 3.05) is 26.8 Å². The summed E-state index contributed by atoms with van der Waals surface area (Å²) in [6.07, 6.45) is 4.64. The minimum Gasteiger partial charge on any atom is -0.482 e. The topological polar surface area (TPSA) is 69.0 Å². The van der Waals surface area contributed by atoms with Crippen molar-refractivity contribution in [2.45, 2.75) is 38.2 Å². The molecule has 0 saturated carbocycles. The zero-order valence-corrected chi connectivity index (χ0v) is 16.0. The Morgan fingerprint density at radius 1 is 1.30 bits per heavy atom. The van der Waals surface area contributed by atoms with Gasteiger partial charge in [0.25, 0.3) is 5.91 Å². The van der Waals surface area contributed by atoms with Crippen LogP contribution in [0.15, 0.2) is 21.3 Å². The molecule has 1 amide bonds. The lowest BCUT2D eigenvalue weighted by atomic mass is 10.1. The van der Waals surface area contributed by atoms with Gasteiger partial charge in [0.2, 0.25) is 0 Å². The van der Waals surface area contributed by atoms with E-state index >= 15 is 0 Å². The molecule has 1 aliphatic heterocycles. The molecule has 1 saturated heterocycles. The Hall–Kier alpha value is -2.05. The highest BCUT2D eigenvalue weighted by molar-refractivity contribution is 6.32. The first-order chi connectivity index (χ1) is 13.0. The molecule has 2 aliphatic rings. The monoisotopic (exact) mass is 391 g/mol. The lowest BCUT2D eigenvalue weighted by Crippen LogP contribution is -2.37. The molecule has 1 aromatic carbocycles. The molecule has 7 heteroatoms. The predicted octanol–water partition coefficient (Wildman–Crippen LogP) is 2.95. The standard InChI is InChI=1S/C20H22ClNO5/c1-22(10-12-4-3-7-25-12)19(23)11-26-18-9-17-15(8-16(18)21)13-5-2-6-14(13)20(24)27-17/h8-9,12H,2-7,10-11H2,1H3. The third kappa shape index (κ3) is 3.69. The van der Waals surface area contributed by atoms with E-state index in [1.165, 1.54) is 0 Å². The molecule has 1 fully saturated rings. The van der Waals surface area contributed by atoms with Gasteiger partial charge in [-0.05, 0) is 43.7 Å². The molecule has 4 rings (SSSR count). The number of carbonyl (C=O) groups is 1. The number of hydrogen-bond acceptors (Lipinski definition) is 5. The van der Waals surface area contributed by atoms with E-state index in [9.17, 15) is 9.59 Å². The van der Waals surface area contributed by atoms with Gasteiger partial charge in [-0.15, -0.1) is 0 Å². The first kappa shape index (κ1) is 18.3. The Kier molecular flexibility index (Phi) is 5.10. The third-order valence-corrected chi connectivity index (χ3v) is 5.60.